The number of aliphatic hydroxyl groups excluding tert-OH is 1. The van der Waals surface area contributed by atoms with Gasteiger partial charge in [-0.15, -0.1) is 0 Å². The van der Waals surface area contributed by atoms with Crippen LogP contribution in [0.4, 0.5) is 13.2 Å². The number of aliphatic hydroxyl groups is 1. The van der Waals surface area contributed by atoms with Gasteiger partial charge in [0, 0.05) is 31.6 Å². The lowest BCUT2D eigenvalue weighted by atomic mass is 10.1. The van der Waals surface area contributed by atoms with Gasteiger partial charge in [-0.2, -0.15) is 13.2 Å². The van der Waals surface area contributed by atoms with Crippen molar-refractivity contribution in [2.45, 2.75) is 62.9 Å². The fourth-order valence-electron chi connectivity index (χ4n) is 3.15. The molecule has 0 radical (unpaired) electrons. The largest absolute Gasteiger partial charge is 0.392 e. The monoisotopic (exact) mass is 294 g/mol. The molecule has 3 atom stereocenters. The maximum Gasteiger partial charge on any atom is 0.389 e. The Hall–Kier alpha value is -0.820. The van der Waals surface area contributed by atoms with Crippen LogP contribution in [0.2, 0.25) is 0 Å². The van der Waals surface area contributed by atoms with Gasteiger partial charge in [0.05, 0.1) is 12.5 Å². The SMILES string of the molecule is O=C(CCC(F)(F)F)N[C@@H]1CCC[C@@H]1N1CCC(O)C1. The fourth-order valence-corrected chi connectivity index (χ4v) is 3.15. The van der Waals surface area contributed by atoms with E-state index in [4.69, 9.17) is 0 Å². The van der Waals surface area contributed by atoms with Gasteiger partial charge in [-0.25, -0.2) is 0 Å². The van der Waals surface area contributed by atoms with Gasteiger partial charge in [0.1, 0.15) is 0 Å². The Morgan fingerprint density at radius 2 is 2.05 bits per heavy atom. The molecule has 2 fully saturated rings. The highest BCUT2D eigenvalue weighted by Crippen LogP contribution is 2.28. The van der Waals surface area contributed by atoms with E-state index in [1.165, 1.54) is 0 Å². The van der Waals surface area contributed by atoms with Crippen LogP contribution in [0, 0.1) is 0 Å². The Balaban J connectivity index is 1.80. The molecule has 1 saturated heterocycles. The second-order valence-electron chi connectivity index (χ2n) is 5.72. The number of β-amino-alcohol motifs (C(OH)–C–C–N with tert-alkyl or cyclic N) is 1. The molecule has 116 valence electrons. The Morgan fingerprint density at radius 3 is 2.65 bits per heavy atom. The first-order chi connectivity index (χ1) is 9.35. The number of halogens is 3. The first kappa shape index (κ1) is 15.6. The van der Waals surface area contributed by atoms with Crippen molar-refractivity contribution in [3.8, 4) is 0 Å². The number of carbonyl (C=O) groups excluding carboxylic acids is 1. The van der Waals surface area contributed by atoms with Crippen molar-refractivity contribution in [2.75, 3.05) is 13.1 Å². The number of nitrogens with zero attached hydrogens (tertiary/aromatic N) is 1. The van der Waals surface area contributed by atoms with Gasteiger partial charge in [0.15, 0.2) is 0 Å². The highest BCUT2D eigenvalue weighted by Gasteiger charge is 2.36. The lowest BCUT2D eigenvalue weighted by Crippen LogP contribution is -2.48. The fraction of sp³-hybridized carbons (Fsp3) is 0.923. The lowest BCUT2D eigenvalue weighted by molar-refractivity contribution is -0.144. The van der Waals surface area contributed by atoms with Gasteiger partial charge in [-0.3, -0.25) is 9.69 Å². The van der Waals surface area contributed by atoms with E-state index < -0.39 is 24.9 Å². The molecule has 0 aromatic rings. The van der Waals surface area contributed by atoms with Crippen LogP contribution in [-0.4, -0.2) is 53.4 Å². The van der Waals surface area contributed by atoms with Crippen LogP contribution < -0.4 is 5.32 Å². The minimum Gasteiger partial charge on any atom is -0.392 e. The van der Waals surface area contributed by atoms with E-state index in [1.54, 1.807) is 0 Å². The highest BCUT2D eigenvalue weighted by molar-refractivity contribution is 5.76. The molecule has 1 aliphatic heterocycles. The molecule has 1 heterocycles. The van der Waals surface area contributed by atoms with Gasteiger partial charge < -0.3 is 10.4 Å². The smallest absolute Gasteiger partial charge is 0.389 e. The summed E-state index contributed by atoms with van der Waals surface area (Å²) in [5.41, 5.74) is 0. The molecule has 0 bridgehead atoms. The normalized spacial score (nSPS) is 31.7. The third-order valence-corrected chi connectivity index (χ3v) is 4.13. The summed E-state index contributed by atoms with van der Waals surface area (Å²) in [6.45, 7) is 1.39. The van der Waals surface area contributed by atoms with Gasteiger partial charge >= 0.3 is 6.18 Å². The number of hydrogen-bond acceptors (Lipinski definition) is 3. The van der Waals surface area contributed by atoms with Crippen molar-refractivity contribution < 1.29 is 23.1 Å². The Kier molecular flexibility index (Phi) is 4.90. The van der Waals surface area contributed by atoms with Gasteiger partial charge in [0.25, 0.3) is 0 Å². The predicted molar refractivity (Wildman–Crippen MR) is 67.1 cm³/mol. The van der Waals surface area contributed by atoms with Crippen molar-refractivity contribution >= 4 is 5.91 Å². The van der Waals surface area contributed by atoms with Crippen molar-refractivity contribution in [1.29, 1.82) is 0 Å². The average molecular weight is 294 g/mol. The summed E-state index contributed by atoms with van der Waals surface area (Å²) >= 11 is 0. The van der Waals surface area contributed by atoms with Gasteiger partial charge in [-0.05, 0) is 25.7 Å². The molecule has 1 unspecified atom stereocenters. The molecule has 4 nitrogen and oxygen atoms in total. The summed E-state index contributed by atoms with van der Waals surface area (Å²) in [5, 5.41) is 12.3. The first-order valence-electron chi connectivity index (χ1n) is 7.13. The van der Waals surface area contributed by atoms with Crippen molar-refractivity contribution in [1.82, 2.24) is 10.2 Å². The van der Waals surface area contributed by atoms with Crippen LogP contribution in [0.3, 0.4) is 0 Å². The average Bonchev–Trinajstić information content (AvgIpc) is 2.94. The van der Waals surface area contributed by atoms with E-state index in [1.807, 2.05) is 0 Å². The van der Waals surface area contributed by atoms with Crippen LogP contribution in [0.25, 0.3) is 0 Å². The summed E-state index contributed by atoms with van der Waals surface area (Å²) < 4.78 is 36.2. The topological polar surface area (TPSA) is 52.6 Å². The molecular weight excluding hydrogens is 273 g/mol. The number of rotatable bonds is 4. The van der Waals surface area contributed by atoms with Crippen LogP contribution in [-0.2, 0) is 4.79 Å². The molecule has 20 heavy (non-hydrogen) atoms. The molecule has 1 aliphatic carbocycles. The van der Waals surface area contributed by atoms with Gasteiger partial charge in [0.2, 0.25) is 5.91 Å². The van der Waals surface area contributed by atoms with E-state index in [9.17, 15) is 23.1 Å². The van der Waals surface area contributed by atoms with Gasteiger partial charge in [-0.1, -0.05) is 0 Å². The molecule has 2 N–H and O–H groups in total. The molecular formula is C13H21F3N2O2. The number of nitrogens with one attached hydrogen (secondary N) is 1. The van der Waals surface area contributed by atoms with E-state index in [0.717, 1.165) is 32.2 Å². The van der Waals surface area contributed by atoms with E-state index >= 15 is 0 Å². The summed E-state index contributed by atoms with van der Waals surface area (Å²) in [5.74, 6) is -0.529. The maximum atomic E-state index is 12.1. The molecule has 2 rings (SSSR count). The second-order valence-corrected chi connectivity index (χ2v) is 5.72. The van der Waals surface area contributed by atoms with Crippen LogP contribution in [0.1, 0.15) is 38.5 Å². The van der Waals surface area contributed by atoms with Crippen LogP contribution in [0.5, 0.6) is 0 Å². The van der Waals surface area contributed by atoms with E-state index in [-0.39, 0.29) is 18.2 Å². The number of likely N-dealkylation sites (tertiary alicyclic amines) is 1. The molecule has 7 heteroatoms. The Labute approximate surface area is 116 Å². The molecule has 0 aromatic heterocycles. The standard InChI is InChI=1S/C13H21F3N2O2/c14-13(15,16)6-4-12(20)17-10-2-1-3-11(10)18-7-5-9(19)8-18/h9-11,19H,1-8H2,(H,17,20)/t9?,10-,11+/m1/s1. The van der Waals surface area contributed by atoms with Crippen LogP contribution >= 0.6 is 0 Å². The second kappa shape index (κ2) is 6.30. The zero-order valence-electron chi connectivity index (χ0n) is 11.3. The number of amides is 1. The third-order valence-electron chi connectivity index (χ3n) is 4.13. The zero-order valence-corrected chi connectivity index (χ0v) is 11.3. The molecule has 0 aromatic carbocycles. The number of alkyl halides is 3. The van der Waals surface area contributed by atoms with Crippen LogP contribution in [0.15, 0.2) is 0 Å². The quantitative estimate of drug-likeness (QED) is 0.825. The number of hydrogen-bond donors (Lipinski definition) is 2. The molecule has 0 spiro atoms. The highest BCUT2D eigenvalue weighted by atomic mass is 19.4. The molecule has 1 amide bonds. The maximum absolute atomic E-state index is 12.1. The summed E-state index contributed by atoms with van der Waals surface area (Å²) in [7, 11) is 0. The number of carbonyl (C=O) groups is 1. The summed E-state index contributed by atoms with van der Waals surface area (Å²) in [6, 6.07) is 0.0722. The molecule has 2 aliphatic rings. The van der Waals surface area contributed by atoms with Crippen molar-refractivity contribution in [3.63, 3.8) is 0 Å². The minimum absolute atomic E-state index is 0.0824. The lowest BCUT2D eigenvalue weighted by Gasteiger charge is -2.29. The van der Waals surface area contributed by atoms with Crippen molar-refractivity contribution in [3.05, 3.63) is 0 Å². The van der Waals surface area contributed by atoms with E-state index in [2.05, 4.69) is 10.2 Å². The Morgan fingerprint density at radius 1 is 1.30 bits per heavy atom. The van der Waals surface area contributed by atoms with Crippen molar-refractivity contribution in [2.24, 2.45) is 0 Å². The first-order valence-corrected chi connectivity index (χ1v) is 7.13. The Bertz CT molecular complexity index is 349. The van der Waals surface area contributed by atoms with E-state index in [0.29, 0.717) is 6.54 Å². The summed E-state index contributed by atoms with van der Waals surface area (Å²) in [6.07, 6.45) is -2.77. The zero-order chi connectivity index (χ0) is 14.8. The third kappa shape index (κ3) is 4.34. The minimum atomic E-state index is -4.29. The predicted octanol–water partition coefficient (Wildman–Crippen LogP) is 1.43. The molecule has 1 saturated carbocycles. The summed E-state index contributed by atoms with van der Waals surface area (Å²) in [4.78, 5) is 13.7.